The van der Waals surface area contributed by atoms with Gasteiger partial charge in [0.1, 0.15) is 0 Å². The number of nitrogens with zero attached hydrogens (tertiary/aromatic N) is 2. The fourth-order valence-corrected chi connectivity index (χ4v) is 2.74. The maximum Gasteiger partial charge on any atom is 0.314 e. The van der Waals surface area contributed by atoms with Gasteiger partial charge < -0.3 is 15.6 Å². The molecule has 1 aliphatic rings. The summed E-state index contributed by atoms with van der Waals surface area (Å²) in [6.07, 6.45) is 1.01. The van der Waals surface area contributed by atoms with Crippen LogP contribution in [0.15, 0.2) is 30.3 Å². The molecule has 20 heavy (non-hydrogen) atoms. The molecule has 1 fully saturated rings. The second-order valence-corrected chi connectivity index (χ2v) is 5.30. The van der Waals surface area contributed by atoms with Crippen molar-refractivity contribution < 1.29 is 4.79 Å². The Bertz CT molecular complexity index is 566. The van der Waals surface area contributed by atoms with Gasteiger partial charge in [0.05, 0.1) is 0 Å². The van der Waals surface area contributed by atoms with Gasteiger partial charge in [0.15, 0.2) is 0 Å². The van der Waals surface area contributed by atoms with Crippen LogP contribution < -0.4 is 5.73 Å². The highest BCUT2D eigenvalue weighted by Crippen LogP contribution is 2.15. The maximum atomic E-state index is 11.1. The summed E-state index contributed by atoms with van der Waals surface area (Å²) in [7, 11) is 0. The maximum absolute atomic E-state index is 11.1. The fraction of sp³-hybridized carbons (Fsp3) is 0.400. The van der Waals surface area contributed by atoms with Crippen molar-refractivity contribution in [3.8, 4) is 0 Å². The summed E-state index contributed by atoms with van der Waals surface area (Å²) in [4.78, 5) is 18.6. The van der Waals surface area contributed by atoms with Crippen molar-refractivity contribution in [3.05, 3.63) is 36.0 Å². The number of urea groups is 1. The number of amides is 2. The molecule has 5 heteroatoms. The normalized spacial score (nSPS) is 16.7. The topological polar surface area (TPSA) is 65.4 Å². The molecule has 1 aromatic heterocycles. The van der Waals surface area contributed by atoms with Gasteiger partial charge in [-0.15, -0.1) is 0 Å². The van der Waals surface area contributed by atoms with Gasteiger partial charge in [-0.05, 0) is 17.5 Å². The van der Waals surface area contributed by atoms with E-state index in [1.165, 1.54) is 16.6 Å². The second-order valence-electron chi connectivity index (χ2n) is 5.30. The number of piperazine rings is 1. The molecule has 2 heterocycles. The first-order chi connectivity index (χ1) is 9.72. The highest BCUT2D eigenvalue weighted by atomic mass is 16.2. The van der Waals surface area contributed by atoms with Gasteiger partial charge in [0, 0.05) is 50.4 Å². The van der Waals surface area contributed by atoms with Crippen LogP contribution in [0.5, 0.6) is 0 Å². The number of aromatic amines is 1. The van der Waals surface area contributed by atoms with Gasteiger partial charge >= 0.3 is 6.03 Å². The fourth-order valence-electron chi connectivity index (χ4n) is 2.74. The van der Waals surface area contributed by atoms with Crippen LogP contribution in [0.3, 0.4) is 0 Å². The third kappa shape index (κ3) is 2.77. The van der Waals surface area contributed by atoms with Crippen LogP contribution in [-0.4, -0.2) is 53.5 Å². The van der Waals surface area contributed by atoms with Crippen LogP contribution in [0.1, 0.15) is 5.69 Å². The van der Waals surface area contributed by atoms with Gasteiger partial charge in [-0.3, -0.25) is 4.90 Å². The van der Waals surface area contributed by atoms with Crippen molar-refractivity contribution in [3.63, 3.8) is 0 Å². The highest BCUT2D eigenvalue weighted by molar-refractivity contribution is 5.80. The summed E-state index contributed by atoms with van der Waals surface area (Å²) in [6, 6.07) is 10.2. The minimum absolute atomic E-state index is 0.305. The molecule has 5 nitrogen and oxygen atoms in total. The van der Waals surface area contributed by atoms with E-state index in [2.05, 4.69) is 34.1 Å². The minimum Gasteiger partial charge on any atom is -0.358 e. The van der Waals surface area contributed by atoms with Crippen molar-refractivity contribution >= 4 is 16.9 Å². The molecule has 0 spiro atoms. The number of benzene rings is 1. The first-order valence-corrected chi connectivity index (χ1v) is 7.06. The van der Waals surface area contributed by atoms with E-state index in [9.17, 15) is 4.79 Å². The van der Waals surface area contributed by atoms with Crippen molar-refractivity contribution in [1.29, 1.82) is 0 Å². The largest absolute Gasteiger partial charge is 0.358 e. The number of primary amides is 1. The van der Waals surface area contributed by atoms with Crippen LogP contribution in [0.2, 0.25) is 0 Å². The summed E-state index contributed by atoms with van der Waals surface area (Å²) in [5.41, 5.74) is 7.75. The van der Waals surface area contributed by atoms with Gasteiger partial charge in [-0.2, -0.15) is 0 Å². The standard InChI is InChI=1S/C15H20N4O/c16-15(20)19-9-7-18(8-10-19)6-5-13-11-12-3-1-2-4-14(12)17-13/h1-4,11,17H,5-10H2,(H2,16,20). The Labute approximate surface area is 118 Å². The van der Waals surface area contributed by atoms with E-state index in [1.807, 2.05) is 6.07 Å². The first kappa shape index (κ1) is 13.0. The lowest BCUT2D eigenvalue weighted by atomic mass is 10.2. The lowest BCUT2D eigenvalue weighted by Crippen LogP contribution is -2.50. The Morgan fingerprint density at radius 1 is 1.20 bits per heavy atom. The Balaban J connectivity index is 1.54. The van der Waals surface area contributed by atoms with E-state index in [1.54, 1.807) is 4.90 Å². The predicted molar refractivity (Wildman–Crippen MR) is 79.6 cm³/mol. The quantitative estimate of drug-likeness (QED) is 0.887. The molecule has 0 bridgehead atoms. The minimum atomic E-state index is -0.305. The van der Waals surface area contributed by atoms with Gasteiger partial charge in [-0.1, -0.05) is 18.2 Å². The number of nitrogens with one attached hydrogen (secondary N) is 1. The summed E-state index contributed by atoms with van der Waals surface area (Å²) in [5, 5.41) is 1.26. The average Bonchev–Trinajstić information content (AvgIpc) is 2.88. The Morgan fingerprint density at radius 2 is 1.95 bits per heavy atom. The van der Waals surface area contributed by atoms with Crippen LogP contribution in [0.4, 0.5) is 4.79 Å². The van der Waals surface area contributed by atoms with E-state index in [0.717, 1.165) is 39.1 Å². The summed E-state index contributed by atoms with van der Waals surface area (Å²) in [6.45, 7) is 4.30. The second kappa shape index (κ2) is 5.54. The van der Waals surface area contributed by atoms with Crippen LogP contribution in [0.25, 0.3) is 10.9 Å². The summed E-state index contributed by atoms with van der Waals surface area (Å²) < 4.78 is 0. The Hall–Kier alpha value is -2.01. The number of fused-ring (bicyclic) bond motifs is 1. The lowest BCUT2D eigenvalue weighted by Gasteiger charge is -2.33. The summed E-state index contributed by atoms with van der Waals surface area (Å²) in [5.74, 6) is 0. The third-order valence-electron chi connectivity index (χ3n) is 3.97. The Morgan fingerprint density at radius 3 is 2.65 bits per heavy atom. The molecule has 2 aromatic rings. The van der Waals surface area contributed by atoms with E-state index in [0.29, 0.717) is 0 Å². The highest BCUT2D eigenvalue weighted by Gasteiger charge is 2.18. The number of aromatic nitrogens is 1. The molecule has 0 unspecified atom stereocenters. The van der Waals surface area contributed by atoms with Crippen LogP contribution in [0, 0.1) is 0 Å². The van der Waals surface area contributed by atoms with E-state index < -0.39 is 0 Å². The van der Waals surface area contributed by atoms with E-state index in [4.69, 9.17) is 5.73 Å². The van der Waals surface area contributed by atoms with Crippen LogP contribution in [-0.2, 0) is 6.42 Å². The molecule has 106 valence electrons. The molecular weight excluding hydrogens is 252 g/mol. The van der Waals surface area contributed by atoms with E-state index >= 15 is 0 Å². The predicted octanol–water partition coefficient (Wildman–Crippen LogP) is 1.41. The number of carbonyl (C=O) groups is 1. The average molecular weight is 272 g/mol. The SMILES string of the molecule is NC(=O)N1CCN(CCc2cc3ccccc3[nH]2)CC1. The number of nitrogens with two attached hydrogens (primary N) is 1. The molecular formula is C15H20N4O. The van der Waals surface area contributed by atoms with Crippen LogP contribution >= 0.6 is 0 Å². The molecule has 1 aliphatic heterocycles. The Kier molecular flexibility index (Phi) is 3.60. The number of hydrogen-bond acceptors (Lipinski definition) is 2. The van der Waals surface area contributed by atoms with Gasteiger partial charge in [0.25, 0.3) is 0 Å². The molecule has 0 saturated carbocycles. The monoisotopic (exact) mass is 272 g/mol. The van der Waals surface area contributed by atoms with Gasteiger partial charge in [0.2, 0.25) is 0 Å². The van der Waals surface area contributed by atoms with Crippen molar-refractivity contribution in [2.75, 3.05) is 32.7 Å². The molecule has 1 aromatic carbocycles. The van der Waals surface area contributed by atoms with Crippen molar-refractivity contribution in [2.24, 2.45) is 5.73 Å². The zero-order chi connectivity index (χ0) is 13.9. The van der Waals surface area contributed by atoms with Gasteiger partial charge in [-0.25, -0.2) is 4.79 Å². The number of para-hydroxylation sites is 1. The number of rotatable bonds is 3. The molecule has 0 atom stereocenters. The molecule has 2 amide bonds. The summed E-state index contributed by atoms with van der Waals surface area (Å²) >= 11 is 0. The third-order valence-corrected chi connectivity index (χ3v) is 3.97. The number of carbonyl (C=O) groups excluding carboxylic acids is 1. The molecule has 0 radical (unpaired) electrons. The molecule has 1 saturated heterocycles. The van der Waals surface area contributed by atoms with Crippen molar-refractivity contribution in [2.45, 2.75) is 6.42 Å². The lowest BCUT2D eigenvalue weighted by molar-refractivity contribution is 0.145. The zero-order valence-electron chi connectivity index (χ0n) is 11.5. The first-order valence-electron chi connectivity index (χ1n) is 7.06. The molecule has 3 rings (SSSR count). The number of hydrogen-bond donors (Lipinski definition) is 2. The molecule has 3 N–H and O–H groups in total. The van der Waals surface area contributed by atoms with E-state index in [-0.39, 0.29) is 6.03 Å². The van der Waals surface area contributed by atoms with Crippen molar-refractivity contribution in [1.82, 2.24) is 14.8 Å². The smallest absolute Gasteiger partial charge is 0.314 e. The number of H-pyrrole nitrogens is 1. The molecule has 0 aliphatic carbocycles. The zero-order valence-corrected chi connectivity index (χ0v) is 11.5.